The van der Waals surface area contributed by atoms with E-state index in [9.17, 15) is 18.4 Å². The van der Waals surface area contributed by atoms with E-state index in [2.05, 4.69) is 10.1 Å². The van der Waals surface area contributed by atoms with E-state index in [1.54, 1.807) is 24.3 Å². The summed E-state index contributed by atoms with van der Waals surface area (Å²) in [5.74, 6) is -0.772. The lowest BCUT2D eigenvalue weighted by Gasteiger charge is -2.09. The zero-order chi connectivity index (χ0) is 17.5. The Morgan fingerprint density at radius 1 is 1.08 bits per heavy atom. The zero-order valence-electron chi connectivity index (χ0n) is 12.4. The third-order valence-electron chi connectivity index (χ3n) is 2.81. The van der Waals surface area contributed by atoms with Gasteiger partial charge in [-0.3, -0.25) is 9.59 Å². The van der Waals surface area contributed by atoms with Gasteiger partial charge in [-0.15, -0.1) is 0 Å². The van der Waals surface area contributed by atoms with Gasteiger partial charge in [0.15, 0.2) is 6.61 Å². The Hall–Kier alpha value is -3.16. The molecule has 2 amide bonds. The van der Waals surface area contributed by atoms with Crippen LogP contribution in [-0.2, 0) is 4.79 Å². The number of ether oxygens (including phenoxy) is 2. The minimum atomic E-state index is -2.96. The van der Waals surface area contributed by atoms with Crippen LogP contribution in [0.4, 0.5) is 14.5 Å². The maximum absolute atomic E-state index is 12.2. The summed E-state index contributed by atoms with van der Waals surface area (Å²) in [5, 5.41) is 2.60. The van der Waals surface area contributed by atoms with Crippen molar-refractivity contribution in [1.29, 1.82) is 0 Å². The number of amides is 2. The SMILES string of the molecule is NC(=O)COc1ccc(NC(=O)c2cccc(OC(F)F)c2)cc1. The molecule has 0 saturated heterocycles. The minimum absolute atomic E-state index is 0.104. The third-order valence-corrected chi connectivity index (χ3v) is 2.81. The van der Waals surface area contributed by atoms with Crippen molar-refractivity contribution in [2.45, 2.75) is 6.61 Å². The molecule has 0 heterocycles. The fourth-order valence-corrected chi connectivity index (χ4v) is 1.81. The standard InChI is InChI=1S/C16H14F2N2O4/c17-16(18)24-13-3-1-2-10(8-13)15(22)20-11-4-6-12(7-5-11)23-9-14(19)21/h1-8,16H,9H2,(H2,19,21)(H,20,22). The van der Waals surface area contributed by atoms with E-state index >= 15 is 0 Å². The first-order chi connectivity index (χ1) is 11.4. The normalized spacial score (nSPS) is 10.3. The van der Waals surface area contributed by atoms with Gasteiger partial charge in [-0.2, -0.15) is 8.78 Å². The largest absolute Gasteiger partial charge is 0.484 e. The van der Waals surface area contributed by atoms with Gasteiger partial charge in [-0.1, -0.05) is 6.07 Å². The smallest absolute Gasteiger partial charge is 0.387 e. The number of carbonyl (C=O) groups is 2. The molecule has 0 aliphatic heterocycles. The van der Waals surface area contributed by atoms with Crippen LogP contribution in [0.3, 0.4) is 0 Å². The number of nitrogens with two attached hydrogens (primary N) is 1. The van der Waals surface area contributed by atoms with Gasteiger partial charge < -0.3 is 20.5 Å². The highest BCUT2D eigenvalue weighted by Crippen LogP contribution is 2.19. The summed E-state index contributed by atoms with van der Waals surface area (Å²) in [4.78, 5) is 22.7. The molecule has 0 aliphatic carbocycles. The number of anilines is 1. The molecule has 0 saturated carbocycles. The first kappa shape index (κ1) is 17.2. The summed E-state index contributed by atoms with van der Waals surface area (Å²) in [5.41, 5.74) is 5.60. The van der Waals surface area contributed by atoms with E-state index in [0.29, 0.717) is 11.4 Å². The van der Waals surface area contributed by atoms with Gasteiger partial charge in [0, 0.05) is 11.3 Å². The Labute approximate surface area is 136 Å². The lowest BCUT2D eigenvalue weighted by atomic mass is 10.2. The first-order valence-electron chi connectivity index (χ1n) is 6.81. The molecular weight excluding hydrogens is 322 g/mol. The minimum Gasteiger partial charge on any atom is -0.484 e. The summed E-state index contributed by atoms with van der Waals surface area (Å²) in [7, 11) is 0. The number of carbonyl (C=O) groups excluding carboxylic acids is 2. The fraction of sp³-hybridized carbons (Fsp3) is 0.125. The predicted molar refractivity (Wildman–Crippen MR) is 82.2 cm³/mol. The van der Waals surface area contributed by atoms with E-state index < -0.39 is 18.4 Å². The van der Waals surface area contributed by atoms with Gasteiger partial charge in [0.1, 0.15) is 11.5 Å². The highest BCUT2D eigenvalue weighted by Gasteiger charge is 2.10. The van der Waals surface area contributed by atoms with Crippen molar-refractivity contribution in [3.63, 3.8) is 0 Å². The van der Waals surface area contributed by atoms with Gasteiger partial charge in [0.25, 0.3) is 11.8 Å². The second-order valence-electron chi connectivity index (χ2n) is 4.64. The summed E-state index contributed by atoms with van der Waals surface area (Å²) in [6.45, 7) is -3.21. The van der Waals surface area contributed by atoms with E-state index in [0.717, 1.165) is 0 Å². The summed E-state index contributed by atoms with van der Waals surface area (Å²) < 4.78 is 33.7. The molecule has 24 heavy (non-hydrogen) atoms. The highest BCUT2D eigenvalue weighted by atomic mass is 19.3. The molecular formula is C16H14F2N2O4. The molecule has 6 nitrogen and oxygen atoms in total. The predicted octanol–water partition coefficient (Wildman–Crippen LogP) is 2.40. The lowest BCUT2D eigenvalue weighted by Crippen LogP contribution is -2.20. The van der Waals surface area contributed by atoms with Crippen LogP contribution in [0.15, 0.2) is 48.5 Å². The molecule has 0 aliphatic rings. The molecule has 3 N–H and O–H groups in total. The summed E-state index contributed by atoms with van der Waals surface area (Å²) in [6.07, 6.45) is 0. The molecule has 0 radical (unpaired) electrons. The van der Waals surface area contributed by atoms with Crippen molar-refractivity contribution in [1.82, 2.24) is 0 Å². The van der Waals surface area contributed by atoms with Crippen LogP contribution in [-0.4, -0.2) is 25.0 Å². The summed E-state index contributed by atoms with van der Waals surface area (Å²) in [6, 6.07) is 11.7. The second kappa shape index (κ2) is 7.91. The molecule has 0 fully saturated rings. The van der Waals surface area contributed by atoms with Crippen molar-refractivity contribution in [2.75, 3.05) is 11.9 Å². The van der Waals surface area contributed by atoms with Crippen LogP contribution < -0.4 is 20.5 Å². The van der Waals surface area contributed by atoms with Crippen LogP contribution in [0.5, 0.6) is 11.5 Å². The molecule has 0 unspecified atom stereocenters. The zero-order valence-corrected chi connectivity index (χ0v) is 12.4. The van der Waals surface area contributed by atoms with Gasteiger partial charge >= 0.3 is 6.61 Å². The molecule has 8 heteroatoms. The van der Waals surface area contributed by atoms with Crippen LogP contribution >= 0.6 is 0 Å². The van der Waals surface area contributed by atoms with Gasteiger partial charge in [0.2, 0.25) is 0 Å². The Bertz CT molecular complexity index is 720. The fourth-order valence-electron chi connectivity index (χ4n) is 1.81. The Balaban J connectivity index is 2.00. The van der Waals surface area contributed by atoms with Crippen molar-refractivity contribution in [3.05, 3.63) is 54.1 Å². The number of rotatable bonds is 7. The average molecular weight is 336 g/mol. The van der Waals surface area contributed by atoms with E-state index in [-0.39, 0.29) is 17.9 Å². The number of halogens is 2. The van der Waals surface area contributed by atoms with Gasteiger partial charge in [-0.05, 0) is 42.5 Å². The monoisotopic (exact) mass is 336 g/mol. The number of benzene rings is 2. The van der Waals surface area contributed by atoms with Crippen LogP contribution in [0.1, 0.15) is 10.4 Å². The molecule has 2 aromatic rings. The average Bonchev–Trinajstić information content (AvgIpc) is 2.53. The van der Waals surface area contributed by atoms with E-state index in [1.807, 2.05) is 0 Å². The molecule has 126 valence electrons. The van der Waals surface area contributed by atoms with E-state index in [1.165, 1.54) is 24.3 Å². The summed E-state index contributed by atoms with van der Waals surface area (Å²) >= 11 is 0. The van der Waals surface area contributed by atoms with Crippen molar-refractivity contribution < 1.29 is 27.8 Å². The Morgan fingerprint density at radius 2 is 1.79 bits per heavy atom. The van der Waals surface area contributed by atoms with Crippen LogP contribution in [0.2, 0.25) is 0 Å². The van der Waals surface area contributed by atoms with Gasteiger partial charge in [0.05, 0.1) is 0 Å². The van der Waals surface area contributed by atoms with Crippen molar-refractivity contribution >= 4 is 17.5 Å². The molecule has 2 aromatic carbocycles. The van der Waals surface area contributed by atoms with Crippen LogP contribution in [0.25, 0.3) is 0 Å². The number of nitrogens with one attached hydrogen (secondary N) is 1. The van der Waals surface area contributed by atoms with Crippen molar-refractivity contribution in [3.8, 4) is 11.5 Å². The maximum atomic E-state index is 12.2. The molecule has 0 aromatic heterocycles. The third kappa shape index (κ3) is 5.24. The first-order valence-corrected chi connectivity index (χ1v) is 6.81. The second-order valence-corrected chi connectivity index (χ2v) is 4.64. The number of hydrogen-bond donors (Lipinski definition) is 2. The topological polar surface area (TPSA) is 90.7 Å². The van der Waals surface area contributed by atoms with Crippen molar-refractivity contribution in [2.24, 2.45) is 5.73 Å². The lowest BCUT2D eigenvalue weighted by molar-refractivity contribution is -0.119. The number of primary amides is 1. The molecule has 2 rings (SSSR count). The maximum Gasteiger partial charge on any atom is 0.387 e. The molecule has 0 bridgehead atoms. The number of alkyl halides is 2. The Morgan fingerprint density at radius 3 is 2.42 bits per heavy atom. The van der Waals surface area contributed by atoms with Gasteiger partial charge in [-0.25, -0.2) is 0 Å². The quantitative estimate of drug-likeness (QED) is 0.812. The Kier molecular flexibility index (Phi) is 5.67. The molecule has 0 atom stereocenters. The van der Waals surface area contributed by atoms with E-state index in [4.69, 9.17) is 10.5 Å². The number of hydrogen-bond acceptors (Lipinski definition) is 4. The highest BCUT2D eigenvalue weighted by molar-refractivity contribution is 6.04. The molecule has 0 spiro atoms. The van der Waals surface area contributed by atoms with Crippen LogP contribution in [0, 0.1) is 0 Å².